The molecule has 0 aliphatic carbocycles. The van der Waals surface area contributed by atoms with E-state index in [2.05, 4.69) is 48.8 Å². The average Bonchev–Trinajstić information content (AvgIpc) is 3.11. The number of nitrogens with one attached hydrogen (secondary N) is 2. The van der Waals surface area contributed by atoms with Gasteiger partial charge >= 0.3 is 0 Å². The molecule has 1 aromatic heterocycles. The first-order chi connectivity index (χ1) is 12.3. The molecular formula is C17H32IN7O. The molecule has 0 saturated carbocycles. The third-order valence-corrected chi connectivity index (χ3v) is 4.08. The van der Waals surface area contributed by atoms with Crippen molar-refractivity contribution in [3.05, 3.63) is 24.8 Å². The van der Waals surface area contributed by atoms with Gasteiger partial charge in [0, 0.05) is 52.2 Å². The number of rotatable bonds is 10. The Morgan fingerprint density at radius 2 is 2.15 bits per heavy atom. The third kappa shape index (κ3) is 8.45. The molecule has 0 aromatic carbocycles. The van der Waals surface area contributed by atoms with Crippen molar-refractivity contribution in [2.45, 2.75) is 26.3 Å². The Morgan fingerprint density at radius 1 is 1.35 bits per heavy atom. The largest absolute Gasteiger partial charge is 0.379 e. The Hall–Kier alpha value is -1.20. The lowest BCUT2D eigenvalue weighted by molar-refractivity contribution is 0.0377. The number of hydrogen-bond donors (Lipinski definition) is 2. The zero-order valence-electron chi connectivity index (χ0n) is 15.7. The lowest BCUT2D eigenvalue weighted by Gasteiger charge is -2.26. The van der Waals surface area contributed by atoms with Crippen molar-refractivity contribution in [2.75, 3.05) is 52.5 Å². The van der Waals surface area contributed by atoms with E-state index in [1.54, 1.807) is 6.33 Å². The second-order valence-corrected chi connectivity index (χ2v) is 5.93. The summed E-state index contributed by atoms with van der Waals surface area (Å²) in [6, 6.07) is 0. The van der Waals surface area contributed by atoms with Crippen molar-refractivity contribution in [3.63, 3.8) is 0 Å². The van der Waals surface area contributed by atoms with E-state index < -0.39 is 0 Å². The molecule has 1 fully saturated rings. The van der Waals surface area contributed by atoms with E-state index in [-0.39, 0.29) is 24.0 Å². The minimum atomic E-state index is 0. The first kappa shape index (κ1) is 22.8. The Labute approximate surface area is 173 Å². The quantitative estimate of drug-likeness (QED) is 0.172. The first-order valence-corrected chi connectivity index (χ1v) is 9.13. The highest BCUT2D eigenvalue weighted by Gasteiger charge is 2.09. The summed E-state index contributed by atoms with van der Waals surface area (Å²) in [4.78, 5) is 7.09. The second kappa shape index (κ2) is 13.9. The van der Waals surface area contributed by atoms with Gasteiger partial charge in [-0.1, -0.05) is 13.0 Å². The molecule has 0 radical (unpaired) electrons. The van der Waals surface area contributed by atoms with Crippen LogP contribution in [0.25, 0.3) is 0 Å². The summed E-state index contributed by atoms with van der Waals surface area (Å²) in [7, 11) is 0. The topological polar surface area (TPSA) is 79.6 Å². The van der Waals surface area contributed by atoms with Crippen LogP contribution in [0.15, 0.2) is 24.0 Å². The third-order valence-electron chi connectivity index (χ3n) is 4.08. The lowest BCUT2D eigenvalue weighted by Crippen LogP contribution is -2.39. The van der Waals surface area contributed by atoms with Crippen LogP contribution in [0.3, 0.4) is 0 Å². The van der Waals surface area contributed by atoms with Crippen LogP contribution in [0.1, 0.15) is 19.2 Å². The summed E-state index contributed by atoms with van der Waals surface area (Å²) < 4.78 is 7.44. The van der Waals surface area contributed by atoms with Gasteiger partial charge < -0.3 is 19.9 Å². The molecule has 2 N–H and O–H groups in total. The van der Waals surface area contributed by atoms with Crippen LogP contribution in [0.2, 0.25) is 0 Å². The van der Waals surface area contributed by atoms with Crippen LogP contribution in [-0.4, -0.2) is 78.1 Å². The van der Waals surface area contributed by atoms with Crippen molar-refractivity contribution >= 4 is 29.9 Å². The van der Waals surface area contributed by atoms with Gasteiger partial charge in [0.05, 0.1) is 13.2 Å². The molecule has 1 aliphatic heterocycles. The van der Waals surface area contributed by atoms with Gasteiger partial charge in [-0.15, -0.1) is 40.8 Å². The smallest absolute Gasteiger partial charge is 0.191 e. The number of guanidine groups is 1. The van der Waals surface area contributed by atoms with Gasteiger partial charge in [-0.2, -0.15) is 0 Å². The molecule has 0 bridgehead atoms. The lowest BCUT2D eigenvalue weighted by atomic mass is 10.3. The number of ether oxygens (including phenoxy) is 1. The summed E-state index contributed by atoms with van der Waals surface area (Å²) in [5.41, 5.74) is 0. The van der Waals surface area contributed by atoms with Gasteiger partial charge in [0.1, 0.15) is 12.2 Å². The van der Waals surface area contributed by atoms with E-state index in [0.717, 1.165) is 77.1 Å². The first-order valence-electron chi connectivity index (χ1n) is 9.13. The van der Waals surface area contributed by atoms with Gasteiger partial charge in [0.2, 0.25) is 0 Å². The molecule has 1 aromatic rings. The number of morpholine rings is 1. The molecule has 9 heteroatoms. The molecule has 8 nitrogen and oxygen atoms in total. The van der Waals surface area contributed by atoms with Crippen molar-refractivity contribution in [1.82, 2.24) is 30.3 Å². The molecule has 0 unspecified atom stereocenters. The van der Waals surface area contributed by atoms with Gasteiger partial charge in [-0.25, -0.2) is 0 Å². The van der Waals surface area contributed by atoms with E-state index in [0.29, 0.717) is 6.54 Å². The maximum absolute atomic E-state index is 5.37. The predicted octanol–water partition coefficient (Wildman–Crippen LogP) is 0.902. The van der Waals surface area contributed by atoms with Gasteiger partial charge in [-0.3, -0.25) is 9.89 Å². The fourth-order valence-electron chi connectivity index (χ4n) is 2.69. The molecular weight excluding hydrogens is 445 g/mol. The Balaban J connectivity index is 0.00000338. The van der Waals surface area contributed by atoms with E-state index >= 15 is 0 Å². The van der Waals surface area contributed by atoms with Crippen LogP contribution < -0.4 is 10.6 Å². The zero-order chi connectivity index (χ0) is 17.7. The summed E-state index contributed by atoms with van der Waals surface area (Å²) in [5, 5.41) is 14.7. The van der Waals surface area contributed by atoms with Crippen LogP contribution in [0.4, 0.5) is 0 Å². The molecule has 148 valence electrons. The van der Waals surface area contributed by atoms with Crippen LogP contribution >= 0.6 is 24.0 Å². The van der Waals surface area contributed by atoms with E-state index in [1.165, 1.54) is 0 Å². The van der Waals surface area contributed by atoms with Crippen molar-refractivity contribution < 1.29 is 4.74 Å². The highest BCUT2D eigenvalue weighted by molar-refractivity contribution is 14.0. The van der Waals surface area contributed by atoms with Crippen LogP contribution in [-0.2, 0) is 17.7 Å². The van der Waals surface area contributed by atoms with Crippen molar-refractivity contribution in [2.24, 2.45) is 4.99 Å². The summed E-state index contributed by atoms with van der Waals surface area (Å²) in [5.74, 6) is 1.83. The van der Waals surface area contributed by atoms with Gasteiger partial charge in [0.15, 0.2) is 5.96 Å². The minimum absolute atomic E-state index is 0. The normalized spacial score (nSPS) is 15.3. The predicted molar refractivity (Wildman–Crippen MR) is 115 cm³/mol. The highest BCUT2D eigenvalue weighted by Crippen LogP contribution is 1.98. The zero-order valence-corrected chi connectivity index (χ0v) is 18.0. The fraction of sp³-hybridized carbons (Fsp3) is 0.706. The van der Waals surface area contributed by atoms with Gasteiger partial charge in [0.25, 0.3) is 0 Å². The number of aryl methyl sites for hydroxylation is 1. The summed E-state index contributed by atoms with van der Waals surface area (Å²) in [6.07, 6.45) is 5.54. The fourth-order valence-corrected chi connectivity index (χ4v) is 2.69. The Bertz CT molecular complexity index is 529. The maximum atomic E-state index is 5.37. The number of nitrogens with zero attached hydrogens (tertiary/aromatic N) is 5. The van der Waals surface area contributed by atoms with Crippen molar-refractivity contribution in [3.8, 4) is 0 Å². The molecule has 0 atom stereocenters. The maximum Gasteiger partial charge on any atom is 0.191 e. The molecule has 1 saturated heterocycles. The number of hydrogen-bond acceptors (Lipinski definition) is 5. The van der Waals surface area contributed by atoms with Gasteiger partial charge in [-0.05, 0) is 6.42 Å². The summed E-state index contributed by atoms with van der Waals surface area (Å²) >= 11 is 0. The molecule has 0 spiro atoms. The number of aliphatic imine (C=N–C) groups is 1. The Morgan fingerprint density at radius 3 is 2.88 bits per heavy atom. The highest BCUT2D eigenvalue weighted by atomic mass is 127. The van der Waals surface area contributed by atoms with E-state index in [4.69, 9.17) is 4.74 Å². The molecule has 2 heterocycles. The minimum Gasteiger partial charge on any atom is -0.379 e. The van der Waals surface area contributed by atoms with E-state index in [1.807, 2.05) is 6.08 Å². The van der Waals surface area contributed by atoms with Crippen molar-refractivity contribution in [1.29, 1.82) is 0 Å². The number of halogens is 1. The molecule has 1 aliphatic rings. The Kier molecular flexibility index (Phi) is 12.2. The molecule has 26 heavy (non-hydrogen) atoms. The van der Waals surface area contributed by atoms with Crippen LogP contribution in [0, 0.1) is 0 Å². The van der Waals surface area contributed by atoms with Crippen LogP contribution in [0.5, 0.6) is 0 Å². The summed E-state index contributed by atoms with van der Waals surface area (Å²) in [6.45, 7) is 13.8. The SMILES string of the molecule is C=CCNC(=NCCCN1CCOCC1)NCCn1cnnc1CC.I. The number of aromatic nitrogens is 3. The van der Waals surface area contributed by atoms with E-state index in [9.17, 15) is 0 Å². The molecule has 2 rings (SSSR count). The monoisotopic (exact) mass is 477 g/mol. The molecule has 0 amide bonds. The second-order valence-electron chi connectivity index (χ2n) is 5.93. The standard InChI is InChI=1S/C17H31N7O.HI/c1-3-6-18-17(19-7-5-9-23-11-13-25-14-12-23)20-8-10-24-15-21-22-16(24)4-2;/h3,15H,1,4-14H2,2H3,(H2,18,19,20);1H. The average molecular weight is 477 g/mol.